The zero-order chi connectivity index (χ0) is 14.9. The Morgan fingerprint density at radius 2 is 2.29 bits per heavy atom. The second kappa shape index (κ2) is 8.74. The van der Waals surface area contributed by atoms with Crippen LogP contribution in [-0.2, 0) is 9.53 Å². The van der Waals surface area contributed by atoms with E-state index in [4.69, 9.17) is 4.74 Å². The van der Waals surface area contributed by atoms with E-state index in [2.05, 4.69) is 28.2 Å². The lowest BCUT2D eigenvalue weighted by atomic mass is 10.1. The van der Waals surface area contributed by atoms with Crippen LogP contribution in [0.3, 0.4) is 0 Å². The van der Waals surface area contributed by atoms with Crippen molar-refractivity contribution in [1.82, 2.24) is 15.2 Å². The van der Waals surface area contributed by atoms with Gasteiger partial charge in [0.05, 0.1) is 19.3 Å². The number of amides is 1. The van der Waals surface area contributed by atoms with E-state index in [0.717, 1.165) is 44.7 Å². The van der Waals surface area contributed by atoms with Gasteiger partial charge < -0.3 is 10.1 Å². The smallest absolute Gasteiger partial charge is 0.220 e. The number of unbranched alkanes of at least 4 members (excludes halogenated alkanes) is 1. The van der Waals surface area contributed by atoms with Gasteiger partial charge in [0.2, 0.25) is 5.91 Å². The summed E-state index contributed by atoms with van der Waals surface area (Å²) in [4.78, 5) is 18.4. The summed E-state index contributed by atoms with van der Waals surface area (Å²) in [5.41, 5.74) is 1.15. The first-order chi connectivity index (χ1) is 10.3. The molecular weight excluding hydrogens is 266 g/mol. The molecule has 21 heavy (non-hydrogen) atoms. The number of nitrogens with zero attached hydrogens (tertiary/aromatic N) is 2. The average Bonchev–Trinajstić information content (AvgIpc) is 2.55. The van der Waals surface area contributed by atoms with E-state index in [1.54, 1.807) is 6.20 Å². The van der Waals surface area contributed by atoms with Crippen LogP contribution in [0.25, 0.3) is 0 Å². The number of rotatable bonds is 7. The van der Waals surface area contributed by atoms with E-state index in [1.807, 2.05) is 12.3 Å². The number of hydrogen-bond donors (Lipinski definition) is 1. The molecule has 2 heterocycles. The highest BCUT2D eigenvalue weighted by molar-refractivity contribution is 5.75. The molecule has 1 amide bonds. The monoisotopic (exact) mass is 291 g/mol. The molecule has 1 aliphatic rings. The second-order valence-electron chi connectivity index (χ2n) is 5.36. The lowest BCUT2D eigenvalue weighted by Crippen LogP contribution is -2.43. The van der Waals surface area contributed by atoms with Crippen LogP contribution in [0.2, 0.25) is 0 Å². The summed E-state index contributed by atoms with van der Waals surface area (Å²) in [5, 5.41) is 3.06. The third-order valence-electron chi connectivity index (χ3n) is 3.81. The number of nitrogens with one attached hydrogen (secondary N) is 1. The first-order valence-corrected chi connectivity index (χ1v) is 7.79. The van der Waals surface area contributed by atoms with Crippen molar-refractivity contribution in [3.8, 4) is 0 Å². The van der Waals surface area contributed by atoms with E-state index < -0.39 is 0 Å². The van der Waals surface area contributed by atoms with E-state index in [9.17, 15) is 4.79 Å². The Morgan fingerprint density at radius 1 is 1.48 bits per heavy atom. The zero-order valence-electron chi connectivity index (χ0n) is 12.8. The maximum Gasteiger partial charge on any atom is 0.220 e. The van der Waals surface area contributed by atoms with Gasteiger partial charge >= 0.3 is 0 Å². The van der Waals surface area contributed by atoms with Gasteiger partial charge in [-0.25, -0.2) is 0 Å². The minimum absolute atomic E-state index is 0.138. The second-order valence-corrected chi connectivity index (χ2v) is 5.36. The molecule has 1 fully saturated rings. The molecule has 2 rings (SSSR count). The van der Waals surface area contributed by atoms with Crippen LogP contribution in [0.4, 0.5) is 0 Å². The number of ether oxygens (including phenoxy) is 1. The van der Waals surface area contributed by atoms with Gasteiger partial charge in [0.1, 0.15) is 0 Å². The van der Waals surface area contributed by atoms with Gasteiger partial charge in [-0.1, -0.05) is 19.4 Å². The molecule has 0 saturated carbocycles. The van der Waals surface area contributed by atoms with Crippen LogP contribution in [0.5, 0.6) is 0 Å². The van der Waals surface area contributed by atoms with Crippen LogP contribution >= 0.6 is 0 Å². The standard InChI is InChI=1S/C16H25N3O2/c1-2-3-6-16(20)18-13-15(14-5-4-7-17-12-14)19-8-10-21-11-9-19/h4-5,7,12,15H,2-3,6,8-11,13H2,1H3,(H,18,20). The van der Waals surface area contributed by atoms with Gasteiger partial charge in [-0.05, 0) is 18.1 Å². The first kappa shape index (κ1) is 15.9. The SMILES string of the molecule is CCCCC(=O)NCC(c1cccnc1)N1CCOCC1. The quantitative estimate of drug-likeness (QED) is 0.832. The molecule has 1 unspecified atom stereocenters. The molecule has 0 spiro atoms. The molecule has 1 aromatic heterocycles. The summed E-state index contributed by atoms with van der Waals surface area (Å²) in [6.45, 7) is 6.02. The minimum atomic E-state index is 0.138. The Bertz CT molecular complexity index is 419. The highest BCUT2D eigenvalue weighted by Crippen LogP contribution is 2.20. The fraction of sp³-hybridized carbons (Fsp3) is 0.625. The van der Waals surface area contributed by atoms with Gasteiger partial charge in [-0.15, -0.1) is 0 Å². The molecule has 5 nitrogen and oxygen atoms in total. The number of carbonyl (C=O) groups excluding carboxylic acids is 1. The summed E-state index contributed by atoms with van der Waals surface area (Å²) < 4.78 is 5.42. The van der Waals surface area contributed by atoms with Crippen LogP contribution in [-0.4, -0.2) is 48.6 Å². The lowest BCUT2D eigenvalue weighted by molar-refractivity contribution is -0.121. The predicted molar refractivity (Wildman–Crippen MR) is 81.9 cm³/mol. The fourth-order valence-electron chi connectivity index (χ4n) is 2.56. The van der Waals surface area contributed by atoms with Crippen LogP contribution in [0.15, 0.2) is 24.5 Å². The third-order valence-corrected chi connectivity index (χ3v) is 3.81. The molecule has 0 radical (unpaired) electrons. The van der Waals surface area contributed by atoms with Crippen molar-refractivity contribution in [2.24, 2.45) is 0 Å². The Hall–Kier alpha value is -1.46. The fourth-order valence-corrected chi connectivity index (χ4v) is 2.56. The number of aromatic nitrogens is 1. The zero-order valence-corrected chi connectivity index (χ0v) is 12.8. The lowest BCUT2D eigenvalue weighted by Gasteiger charge is -2.34. The van der Waals surface area contributed by atoms with Crippen molar-refractivity contribution in [2.45, 2.75) is 32.2 Å². The summed E-state index contributed by atoms with van der Waals surface area (Å²) in [6.07, 6.45) is 6.27. The van der Waals surface area contributed by atoms with E-state index in [1.165, 1.54) is 0 Å². The molecular formula is C16H25N3O2. The van der Waals surface area contributed by atoms with Crippen molar-refractivity contribution in [2.75, 3.05) is 32.8 Å². The summed E-state index contributed by atoms with van der Waals surface area (Å²) in [5.74, 6) is 0.138. The van der Waals surface area contributed by atoms with Crippen molar-refractivity contribution >= 4 is 5.91 Å². The molecule has 0 aliphatic carbocycles. The van der Waals surface area contributed by atoms with Crippen molar-refractivity contribution in [1.29, 1.82) is 0 Å². The largest absolute Gasteiger partial charge is 0.379 e. The number of morpholine rings is 1. The van der Waals surface area contributed by atoms with Crippen molar-refractivity contribution < 1.29 is 9.53 Å². The minimum Gasteiger partial charge on any atom is -0.379 e. The molecule has 0 aromatic carbocycles. The maximum atomic E-state index is 11.9. The van der Waals surface area contributed by atoms with Gasteiger partial charge in [-0.3, -0.25) is 14.7 Å². The molecule has 0 bridgehead atoms. The molecule has 1 atom stereocenters. The topological polar surface area (TPSA) is 54.5 Å². The summed E-state index contributed by atoms with van der Waals surface area (Å²) in [7, 11) is 0. The highest BCUT2D eigenvalue weighted by atomic mass is 16.5. The Labute approximate surface area is 126 Å². The maximum absolute atomic E-state index is 11.9. The molecule has 1 aromatic rings. The van der Waals surface area contributed by atoms with E-state index in [-0.39, 0.29) is 11.9 Å². The predicted octanol–water partition coefficient (Wildman–Crippen LogP) is 1.76. The summed E-state index contributed by atoms with van der Waals surface area (Å²) >= 11 is 0. The molecule has 1 N–H and O–H groups in total. The van der Waals surface area contributed by atoms with Gasteiger partial charge in [0.15, 0.2) is 0 Å². The molecule has 5 heteroatoms. The van der Waals surface area contributed by atoms with Gasteiger partial charge in [-0.2, -0.15) is 0 Å². The highest BCUT2D eigenvalue weighted by Gasteiger charge is 2.23. The Kier molecular flexibility index (Phi) is 6.63. The van der Waals surface area contributed by atoms with Crippen LogP contribution in [0.1, 0.15) is 37.8 Å². The van der Waals surface area contributed by atoms with Crippen LogP contribution < -0.4 is 5.32 Å². The third kappa shape index (κ3) is 5.10. The van der Waals surface area contributed by atoms with Crippen LogP contribution in [0, 0.1) is 0 Å². The number of carbonyl (C=O) groups is 1. The van der Waals surface area contributed by atoms with Gasteiger partial charge in [0, 0.05) is 38.4 Å². The average molecular weight is 291 g/mol. The summed E-state index contributed by atoms with van der Waals surface area (Å²) in [6, 6.07) is 4.20. The Morgan fingerprint density at radius 3 is 2.95 bits per heavy atom. The number of pyridine rings is 1. The van der Waals surface area contributed by atoms with E-state index >= 15 is 0 Å². The normalized spacial score (nSPS) is 17.4. The van der Waals surface area contributed by atoms with E-state index in [0.29, 0.717) is 13.0 Å². The van der Waals surface area contributed by atoms with Gasteiger partial charge in [0.25, 0.3) is 0 Å². The van der Waals surface area contributed by atoms with Crippen molar-refractivity contribution in [3.05, 3.63) is 30.1 Å². The number of hydrogen-bond acceptors (Lipinski definition) is 4. The molecule has 116 valence electrons. The first-order valence-electron chi connectivity index (χ1n) is 7.79. The van der Waals surface area contributed by atoms with Crippen molar-refractivity contribution in [3.63, 3.8) is 0 Å². The Balaban J connectivity index is 1.97. The molecule has 1 aliphatic heterocycles. The molecule has 1 saturated heterocycles.